The Bertz CT molecular complexity index is 1120. The normalized spacial score (nSPS) is 13.2. The third-order valence-corrected chi connectivity index (χ3v) is 4.50. The lowest BCUT2D eigenvalue weighted by Gasteiger charge is -2.14. The number of carbonyl (C=O) groups is 1. The average molecular weight is 342 g/mol. The van der Waals surface area contributed by atoms with Gasteiger partial charge in [-0.2, -0.15) is 5.10 Å². The molecular weight excluding hydrogens is 328 g/mol. The average Bonchev–Trinajstić information content (AvgIpc) is 3.33. The molecule has 0 saturated heterocycles. The van der Waals surface area contributed by atoms with Crippen molar-refractivity contribution < 1.29 is 4.79 Å². The number of amides is 1. The Morgan fingerprint density at radius 1 is 1.04 bits per heavy atom. The Balaban J connectivity index is 1.42. The predicted octanol–water partition coefficient (Wildman–Crippen LogP) is 2.34. The Labute approximate surface area is 149 Å². The van der Waals surface area contributed by atoms with Crippen LogP contribution < -0.4 is 0 Å². The van der Waals surface area contributed by atoms with E-state index in [1.165, 1.54) is 6.33 Å². The molecule has 0 N–H and O–H groups in total. The van der Waals surface area contributed by atoms with Crippen molar-refractivity contribution in [1.82, 2.24) is 29.5 Å². The summed E-state index contributed by atoms with van der Waals surface area (Å²) in [6.07, 6.45) is 5.03. The van der Waals surface area contributed by atoms with Gasteiger partial charge in [0.1, 0.15) is 6.33 Å². The number of aromatic nitrogens is 5. The molecule has 5 rings (SSSR count). The van der Waals surface area contributed by atoms with Gasteiger partial charge in [-0.25, -0.2) is 19.5 Å². The van der Waals surface area contributed by atoms with Crippen molar-refractivity contribution in [2.75, 3.05) is 0 Å². The maximum Gasteiger partial charge on any atom is 0.254 e. The highest BCUT2D eigenvalue weighted by molar-refractivity contribution is 5.95. The number of rotatable bonds is 2. The molecule has 7 nitrogen and oxygen atoms in total. The van der Waals surface area contributed by atoms with E-state index in [0.717, 1.165) is 16.8 Å². The molecule has 0 bridgehead atoms. The van der Waals surface area contributed by atoms with Gasteiger partial charge in [-0.1, -0.05) is 30.3 Å². The van der Waals surface area contributed by atoms with E-state index in [-0.39, 0.29) is 5.91 Å². The molecule has 1 aliphatic rings. The first kappa shape index (κ1) is 14.7. The van der Waals surface area contributed by atoms with Crippen LogP contribution in [-0.2, 0) is 13.1 Å². The first-order chi connectivity index (χ1) is 12.8. The lowest BCUT2D eigenvalue weighted by molar-refractivity contribution is 0.0750. The van der Waals surface area contributed by atoms with Gasteiger partial charge in [-0.3, -0.25) is 4.79 Å². The summed E-state index contributed by atoms with van der Waals surface area (Å²) in [4.78, 5) is 27.9. The molecule has 7 heteroatoms. The van der Waals surface area contributed by atoms with E-state index >= 15 is 0 Å². The summed E-state index contributed by atoms with van der Waals surface area (Å²) in [7, 11) is 0. The van der Waals surface area contributed by atoms with Crippen LogP contribution in [-0.4, -0.2) is 35.4 Å². The molecule has 26 heavy (non-hydrogen) atoms. The van der Waals surface area contributed by atoms with Crippen molar-refractivity contribution in [2.24, 2.45) is 0 Å². The molecule has 0 saturated carbocycles. The van der Waals surface area contributed by atoms with E-state index in [2.05, 4.69) is 20.1 Å². The number of hydrogen-bond acceptors (Lipinski definition) is 5. The number of benzene rings is 1. The number of pyridine rings is 1. The summed E-state index contributed by atoms with van der Waals surface area (Å²) < 4.78 is 1.63. The molecule has 0 fully saturated rings. The van der Waals surface area contributed by atoms with Crippen molar-refractivity contribution >= 4 is 11.6 Å². The molecule has 4 aromatic rings. The van der Waals surface area contributed by atoms with Crippen molar-refractivity contribution in [1.29, 1.82) is 0 Å². The van der Waals surface area contributed by atoms with Crippen LogP contribution in [0.25, 0.3) is 17.0 Å². The second-order valence-corrected chi connectivity index (χ2v) is 6.17. The number of carbonyl (C=O) groups excluding carboxylic acids is 1. The molecule has 0 atom stereocenters. The Kier molecular flexibility index (Phi) is 3.24. The molecule has 1 aromatic carbocycles. The van der Waals surface area contributed by atoms with Gasteiger partial charge in [-0.05, 0) is 12.1 Å². The van der Waals surface area contributed by atoms with E-state index < -0.39 is 0 Å². The highest BCUT2D eigenvalue weighted by atomic mass is 16.2. The minimum atomic E-state index is -0.0465. The minimum absolute atomic E-state index is 0.0465. The van der Waals surface area contributed by atoms with E-state index in [1.807, 2.05) is 36.5 Å². The Hall–Kier alpha value is -3.61. The molecule has 126 valence electrons. The summed E-state index contributed by atoms with van der Waals surface area (Å²) in [6.45, 7) is 0.996. The summed E-state index contributed by atoms with van der Waals surface area (Å²) in [5.74, 6) is 0.637. The van der Waals surface area contributed by atoms with Crippen LogP contribution >= 0.6 is 0 Å². The summed E-state index contributed by atoms with van der Waals surface area (Å²) in [5.41, 5.74) is 4.10. The van der Waals surface area contributed by atoms with Gasteiger partial charge in [-0.15, -0.1) is 0 Å². The van der Waals surface area contributed by atoms with Gasteiger partial charge in [0.2, 0.25) is 0 Å². The quantitative estimate of drug-likeness (QED) is 0.559. The lowest BCUT2D eigenvalue weighted by Crippen LogP contribution is -2.25. The van der Waals surface area contributed by atoms with Crippen LogP contribution in [0, 0.1) is 0 Å². The van der Waals surface area contributed by atoms with Crippen LogP contribution in [0.2, 0.25) is 0 Å². The monoisotopic (exact) mass is 342 g/mol. The maximum absolute atomic E-state index is 12.9. The van der Waals surface area contributed by atoms with Gasteiger partial charge >= 0.3 is 0 Å². The van der Waals surface area contributed by atoms with Crippen LogP contribution in [0.15, 0.2) is 61.2 Å². The van der Waals surface area contributed by atoms with Gasteiger partial charge in [0.25, 0.3) is 5.91 Å². The number of nitrogens with zero attached hydrogens (tertiary/aromatic N) is 6. The van der Waals surface area contributed by atoms with Crippen LogP contribution in [0.1, 0.15) is 21.6 Å². The fourth-order valence-corrected chi connectivity index (χ4v) is 3.15. The third kappa shape index (κ3) is 2.41. The summed E-state index contributed by atoms with van der Waals surface area (Å²) >= 11 is 0. The van der Waals surface area contributed by atoms with Gasteiger partial charge in [0.15, 0.2) is 11.5 Å². The van der Waals surface area contributed by atoms with Crippen LogP contribution in [0.4, 0.5) is 0 Å². The van der Waals surface area contributed by atoms with E-state index in [9.17, 15) is 4.79 Å². The van der Waals surface area contributed by atoms with Crippen molar-refractivity contribution in [3.05, 3.63) is 78.0 Å². The van der Waals surface area contributed by atoms with Crippen molar-refractivity contribution in [2.45, 2.75) is 13.1 Å². The standard InChI is InChI=1S/C19H14N6O/c26-19(14-6-7-25-17(8-14)21-12-22-25)24-10-15-9-20-18(23-16(15)11-24)13-4-2-1-3-5-13/h1-9,12H,10-11H2. The van der Waals surface area contributed by atoms with Crippen molar-refractivity contribution in [3.63, 3.8) is 0 Å². The van der Waals surface area contributed by atoms with Gasteiger partial charge in [0.05, 0.1) is 12.2 Å². The molecule has 0 spiro atoms. The lowest BCUT2D eigenvalue weighted by atomic mass is 10.2. The van der Waals surface area contributed by atoms with E-state index in [4.69, 9.17) is 0 Å². The van der Waals surface area contributed by atoms with Crippen LogP contribution in [0.3, 0.4) is 0 Å². The molecule has 0 unspecified atom stereocenters. The smallest absolute Gasteiger partial charge is 0.254 e. The topological polar surface area (TPSA) is 76.3 Å². The zero-order chi connectivity index (χ0) is 17.5. The Morgan fingerprint density at radius 3 is 2.81 bits per heavy atom. The number of hydrogen-bond donors (Lipinski definition) is 0. The van der Waals surface area contributed by atoms with Crippen LogP contribution in [0.5, 0.6) is 0 Å². The zero-order valence-electron chi connectivity index (χ0n) is 13.8. The highest BCUT2D eigenvalue weighted by Crippen LogP contribution is 2.25. The first-order valence-electron chi connectivity index (χ1n) is 8.27. The van der Waals surface area contributed by atoms with E-state index in [1.54, 1.807) is 27.7 Å². The molecule has 0 radical (unpaired) electrons. The predicted molar refractivity (Wildman–Crippen MR) is 94.0 cm³/mol. The van der Waals surface area contributed by atoms with Crippen molar-refractivity contribution in [3.8, 4) is 11.4 Å². The fraction of sp³-hybridized carbons (Fsp3) is 0.105. The summed E-state index contributed by atoms with van der Waals surface area (Å²) in [6, 6.07) is 13.3. The maximum atomic E-state index is 12.9. The number of fused-ring (bicyclic) bond motifs is 2. The SMILES string of the molecule is O=C(c1ccn2ncnc2c1)N1Cc2cnc(-c3ccccc3)nc2C1. The molecule has 1 amide bonds. The fourth-order valence-electron chi connectivity index (χ4n) is 3.15. The molecule has 0 aliphatic carbocycles. The molecule has 1 aliphatic heterocycles. The zero-order valence-corrected chi connectivity index (χ0v) is 13.8. The van der Waals surface area contributed by atoms with E-state index in [0.29, 0.717) is 30.1 Å². The largest absolute Gasteiger partial charge is 0.328 e. The Morgan fingerprint density at radius 2 is 1.92 bits per heavy atom. The third-order valence-electron chi connectivity index (χ3n) is 4.50. The summed E-state index contributed by atoms with van der Waals surface area (Å²) in [5, 5.41) is 4.05. The highest BCUT2D eigenvalue weighted by Gasteiger charge is 2.26. The molecular formula is C19H14N6O. The first-order valence-corrected chi connectivity index (χ1v) is 8.27. The molecule has 4 heterocycles. The van der Waals surface area contributed by atoms with Gasteiger partial charge in [0, 0.05) is 35.6 Å². The van der Waals surface area contributed by atoms with Gasteiger partial charge < -0.3 is 4.90 Å². The second kappa shape index (κ2) is 5.73. The second-order valence-electron chi connectivity index (χ2n) is 6.17. The molecule has 3 aromatic heterocycles. The minimum Gasteiger partial charge on any atom is -0.328 e.